The summed E-state index contributed by atoms with van der Waals surface area (Å²) < 4.78 is 5.06. The van der Waals surface area contributed by atoms with Crippen molar-refractivity contribution in [3.63, 3.8) is 0 Å². The standard InChI is InChI=1S/C11H14N2O5/c1-4-7(14)10-13-8(6(3)18-10)9(15)12-5(2)11(16)17/h5H,4H2,1-3H3,(H,12,15)(H,16,17)/t5-/m0/s1. The fourth-order valence-corrected chi connectivity index (χ4v) is 1.20. The van der Waals surface area contributed by atoms with Gasteiger partial charge in [0.2, 0.25) is 5.78 Å². The Morgan fingerprint density at radius 1 is 1.44 bits per heavy atom. The van der Waals surface area contributed by atoms with Crippen LogP contribution in [-0.4, -0.2) is 33.8 Å². The van der Waals surface area contributed by atoms with Crippen LogP contribution in [0.4, 0.5) is 0 Å². The number of carboxylic acid groups (broad SMARTS) is 1. The molecule has 1 aromatic rings. The second kappa shape index (κ2) is 5.44. The highest BCUT2D eigenvalue weighted by Gasteiger charge is 2.23. The number of oxazole rings is 1. The number of carbonyl (C=O) groups is 3. The predicted octanol–water partition coefficient (Wildman–Crippen LogP) is 0.779. The maximum absolute atomic E-state index is 11.7. The van der Waals surface area contributed by atoms with Crippen molar-refractivity contribution in [2.24, 2.45) is 0 Å². The van der Waals surface area contributed by atoms with Gasteiger partial charge < -0.3 is 14.8 Å². The van der Waals surface area contributed by atoms with Gasteiger partial charge in [0, 0.05) is 6.42 Å². The number of Topliss-reactive ketones (excluding diaryl/α,β-unsaturated/α-hetero) is 1. The molecule has 0 aliphatic heterocycles. The molecule has 0 saturated carbocycles. The van der Waals surface area contributed by atoms with Gasteiger partial charge in [-0.25, -0.2) is 4.98 Å². The van der Waals surface area contributed by atoms with Crippen LogP contribution in [0.3, 0.4) is 0 Å². The van der Waals surface area contributed by atoms with Crippen molar-refractivity contribution in [2.45, 2.75) is 33.2 Å². The summed E-state index contributed by atoms with van der Waals surface area (Å²) in [6, 6.07) is -1.04. The molecule has 18 heavy (non-hydrogen) atoms. The van der Waals surface area contributed by atoms with Crippen molar-refractivity contribution >= 4 is 17.7 Å². The van der Waals surface area contributed by atoms with Gasteiger partial charge in [0.1, 0.15) is 11.8 Å². The molecule has 0 spiro atoms. The number of hydrogen-bond donors (Lipinski definition) is 2. The minimum Gasteiger partial charge on any atom is -0.480 e. The number of rotatable bonds is 5. The minimum absolute atomic E-state index is 0.0695. The Labute approximate surface area is 103 Å². The van der Waals surface area contributed by atoms with Gasteiger partial charge in [-0.05, 0) is 13.8 Å². The van der Waals surface area contributed by atoms with E-state index in [1.807, 2.05) is 0 Å². The highest BCUT2D eigenvalue weighted by atomic mass is 16.4. The van der Waals surface area contributed by atoms with E-state index >= 15 is 0 Å². The molecule has 98 valence electrons. The Bertz CT molecular complexity index is 492. The van der Waals surface area contributed by atoms with E-state index in [0.29, 0.717) is 0 Å². The van der Waals surface area contributed by atoms with Crippen molar-refractivity contribution in [1.29, 1.82) is 0 Å². The third-order valence-electron chi connectivity index (χ3n) is 2.29. The van der Waals surface area contributed by atoms with Gasteiger partial charge in [0.25, 0.3) is 11.8 Å². The summed E-state index contributed by atoms with van der Waals surface area (Å²) >= 11 is 0. The lowest BCUT2D eigenvalue weighted by molar-refractivity contribution is -0.138. The number of ketones is 1. The van der Waals surface area contributed by atoms with Gasteiger partial charge in [-0.2, -0.15) is 0 Å². The number of carbonyl (C=O) groups excluding carboxylic acids is 2. The Balaban J connectivity index is 2.90. The molecule has 0 radical (unpaired) electrons. The third-order valence-corrected chi connectivity index (χ3v) is 2.29. The van der Waals surface area contributed by atoms with E-state index in [4.69, 9.17) is 9.52 Å². The van der Waals surface area contributed by atoms with E-state index in [1.54, 1.807) is 6.92 Å². The van der Waals surface area contributed by atoms with Crippen LogP contribution in [0, 0.1) is 6.92 Å². The molecule has 7 heteroatoms. The summed E-state index contributed by atoms with van der Waals surface area (Å²) in [6.07, 6.45) is 0.215. The second-order valence-electron chi connectivity index (χ2n) is 3.73. The molecule has 1 atom stereocenters. The van der Waals surface area contributed by atoms with Crippen LogP contribution in [-0.2, 0) is 4.79 Å². The summed E-state index contributed by atoms with van der Waals surface area (Å²) in [5, 5.41) is 10.9. The molecule has 0 unspecified atom stereocenters. The van der Waals surface area contributed by atoms with Crippen molar-refractivity contribution in [3.05, 3.63) is 17.3 Å². The molecule has 0 aliphatic rings. The maximum atomic E-state index is 11.7. The lowest BCUT2D eigenvalue weighted by Gasteiger charge is -2.07. The molecule has 0 fully saturated rings. The number of nitrogens with one attached hydrogen (secondary N) is 1. The molecule has 0 aromatic carbocycles. The molecule has 1 amide bonds. The van der Waals surface area contributed by atoms with Crippen LogP contribution in [0.25, 0.3) is 0 Å². The molecular weight excluding hydrogens is 240 g/mol. The smallest absolute Gasteiger partial charge is 0.325 e. The van der Waals surface area contributed by atoms with Crippen LogP contribution in [0.1, 0.15) is 47.2 Å². The zero-order chi connectivity index (χ0) is 13.9. The van der Waals surface area contributed by atoms with Crippen molar-refractivity contribution in [1.82, 2.24) is 10.3 Å². The highest BCUT2D eigenvalue weighted by molar-refractivity contribution is 5.98. The number of aliphatic carboxylic acids is 1. The van der Waals surface area contributed by atoms with Crippen LogP contribution in [0.2, 0.25) is 0 Å². The van der Waals surface area contributed by atoms with E-state index < -0.39 is 17.9 Å². The Morgan fingerprint density at radius 2 is 2.06 bits per heavy atom. The minimum atomic E-state index is -1.16. The van der Waals surface area contributed by atoms with E-state index in [0.717, 1.165) is 0 Å². The van der Waals surface area contributed by atoms with E-state index in [9.17, 15) is 14.4 Å². The van der Waals surface area contributed by atoms with Gasteiger partial charge in [0.05, 0.1) is 0 Å². The number of nitrogens with zero attached hydrogens (tertiary/aromatic N) is 1. The van der Waals surface area contributed by atoms with Crippen LogP contribution < -0.4 is 5.32 Å². The third kappa shape index (κ3) is 2.93. The summed E-state index contributed by atoms with van der Waals surface area (Å²) in [7, 11) is 0. The first-order chi connectivity index (χ1) is 8.36. The number of amides is 1. The van der Waals surface area contributed by atoms with E-state index in [1.165, 1.54) is 13.8 Å². The highest BCUT2D eigenvalue weighted by Crippen LogP contribution is 2.11. The molecule has 7 nitrogen and oxygen atoms in total. The second-order valence-corrected chi connectivity index (χ2v) is 3.73. The molecule has 0 bridgehead atoms. The SMILES string of the molecule is CCC(=O)c1nc(C(=O)N[C@@H](C)C(=O)O)c(C)o1. The molecule has 2 N–H and O–H groups in total. The largest absolute Gasteiger partial charge is 0.480 e. The van der Waals surface area contributed by atoms with Crippen molar-refractivity contribution < 1.29 is 23.9 Å². The Kier molecular flexibility index (Phi) is 4.19. The normalized spacial score (nSPS) is 11.9. The van der Waals surface area contributed by atoms with Crippen molar-refractivity contribution in [3.8, 4) is 0 Å². The monoisotopic (exact) mass is 254 g/mol. The quantitative estimate of drug-likeness (QED) is 0.751. The van der Waals surface area contributed by atoms with Gasteiger partial charge in [0.15, 0.2) is 5.69 Å². The van der Waals surface area contributed by atoms with Crippen LogP contribution >= 0.6 is 0 Å². The maximum Gasteiger partial charge on any atom is 0.325 e. The van der Waals surface area contributed by atoms with Gasteiger partial charge in [-0.15, -0.1) is 0 Å². The topological polar surface area (TPSA) is 110 Å². The number of aryl methyl sites for hydroxylation is 1. The fraction of sp³-hybridized carbons (Fsp3) is 0.455. The summed E-state index contributed by atoms with van der Waals surface area (Å²) in [5.41, 5.74) is -0.0695. The average molecular weight is 254 g/mol. The van der Waals surface area contributed by atoms with Crippen molar-refractivity contribution in [2.75, 3.05) is 0 Å². The molecule has 0 aliphatic carbocycles. The zero-order valence-electron chi connectivity index (χ0n) is 10.3. The summed E-state index contributed by atoms with van der Waals surface area (Å²) in [5.74, 6) is -2.11. The number of carboxylic acids is 1. The fourth-order valence-electron chi connectivity index (χ4n) is 1.20. The molecule has 0 saturated heterocycles. The summed E-state index contributed by atoms with van der Waals surface area (Å²) in [6.45, 7) is 4.46. The first kappa shape index (κ1) is 13.9. The number of hydrogen-bond acceptors (Lipinski definition) is 5. The van der Waals surface area contributed by atoms with Gasteiger partial charge in [-0.1, -0.05) is 6.92 Å². The molecular formula is C11H14N2O5. The first-order valence-electron chi connectivity index (χ1n) is 5.41. The molecule has 1 rings (SSSR count). The lowest BCUT2D eigenvalue weighted by atomic mass is 10.3. The van der Waals surface area contributed by atoms with E-state index in [-0.39, 0.29) is 29.5 Å². The average Bonchev–Trinajstić information content (AvgIpc) is 2.70. The van der Waals surface area contributed by atoms with E-state index in [2.05, 4.69) is 10.3 Å². The van der Waals surface area contributed by atoms with Crippen LogP contribution in [0.15, 0.2) is 4.42 Å². The lowest BCUT2D eigenvalue weighted by Crippen LogP contribution is -2.38. The number of aromatic nitrogens is 1. The summed E-state index contributed by atoms with van der Waals surface area (Å²) in [4.78, 5) is 37.4. The van der Waals surface area contributed by atoms with Crippen LogP contribution in [0.5, 0.6) is 0 Å². The molecule has 1 heterocycles. The molecule has 1 aromatic heterocycles. The Morgan fingerprint density at radius 3 is 2.56 bits per heavy atom. The predicted molar refractivity (Wildman–Crippen MR) is 60.4 cm³/mol. The van der Waals surface area contributed by atoms with Gasteiger partial charge >= 0.3 is 5.97 Å². The Hall–Kier alpha value is -2.18. The first-order valence-corrected chi connectivity index (χ1v) is 5.41. The van der Waals surface area contributed by atoms with Gasteiger partial charge in [-0.3, -0.25) is 14.4 Å². The zero-order valence-corrected chi connectivity index (χ0v) is 10.3.